The molecule has 0 aromatic carbocycles. The number of carbonyl (C=O) groups is 1. The lowest BCUT2D eigenvalue weighted by atomic mass is 9.54. The molecule has 0 aliphatic heterocycles. The first kappa shape index (κ1) is 18.8. The predicted molar refractivity (Wildman–Crippen MR) is 122 cm³/mol. The van der Waals surface area contributed by atoms with E-state index in [0.29, 0.717) is 17.0 Å². The van der Waals surface area contributed by atoms with Gasteiger partial charge in [0.2, 0.25) is 5.91 Å². The Morgan fingerprint density at radius 1 is 1.22 bits per heavy atom. The summed E-state index contributed by atoms with van der Waals surface area (Å²) in [6, 6.07) is 2.01. The molecule has 2 atom stereocenters. The van der Waals surface area contributed by atoms with Crippen LogP contribution in [-0.4, -0.2) is 38.1 Å². The SMILES string of the molecule is CN(C(=O)C1(C2CCC2)CCC1)c1cnc2nc(-c3n[nH]c4c3C[C@@H]3C[C@]3(C)C4)[nH]c2c1. The summed E-state index contributed by atoms with van der Waals surface area (Å²) in [6.45, 7) is 2.38. The Morgan fingerprint density at radius 3 is 2.78 bits per heavy atom. The van der Waals surface area contributed by atoms with Crippen molar-refractivity contribution >= 4 is 22.8 Å². The van der Waals surface area contributed by atoms with Gasteiger partial charge < -0.3 is 9.88 Å². The summed E-state index contributed by atoms with van der Waals surface area (Å²) in [5.41, 5.74) is 6.19. The third-order valence-corrected chi connectivity index (χ3v) is 9.32. The summed E-state index contributed by atoms with van der Waals surface area (Å²) in [7, 11) is 1.90. The standard InChI is InChI=1S/C25H30N6O/c1-24-11-15(24)9-17-19(12-24)29-30-20(17)22-27-18-10-16(13-26-21(18)28-22)31(2)23(32)25(7-4-8-25)14-5-3-6-14/h10,13-15H,3-9,11-12H2,1-2H3,(H,29,30)(H,26,27,28)/t15-,24-/m1/s1. The average Bonchev–Trinajstić information content (AvgIpc) is 3.03. The minimum absolute atomic E-state index is 0.132. The van der Waals surface area contributed by atoms with Crippen LogP contribution >= 0.6 is 0 Å². The quantitative estimate of drug-likeness (QED) is 0.642. The Labute approximate surface area is 187 Å². The molecule has 32 heavy (non-hydrogen) atoms. The van der Waals surface area contributed by atoms with Gasteiger partial charge in [0.25, 0.3) is 0 Å². The fourth-order valence-corrected chi connectivity index (χ4v) is 6.60. The highest BCUT2D eigenvalue weighted by atomic mass is 16.2. The van der Waals surface area contributed by atoms with E-state index < -0.39 is 0 Å². The van der Waals surface area contributed by atoms with Crippen molar-refractivity contribution in [1.82, 2.24) is 25.1 Å². The van der Waals surface area contributed by atoms with Crippen LogP contribution in [0.1, 0.15) is 63.1 Å². The van der Waals surface area contributed by atoms with Crippen molar-refractivity contribution in [3.8, 4) is 11.5 Å². The van der Waals surface area contributed by atoms with E-state index in [1.807, 2.05) is 18.0 Å². The van der Waals surface area contributed by atoms with E-state index in [2.05, 4.69) is 27.1 Å². The van der Waals surface area contributed by atoms with Gasteiger partial charge in [-0.15, -0.1) is 0 Å². The molecule has 0 spiro atoms. The molecule has 2 N–H and O–H groups in total. The van der Waals surface area contributed by atoms with Crippen molar-refractivity contribution in [2.24, 2.45) is 22.7 Å². The number of carbonyl (C=O) groups excluding carboxylic acids is 1. The second kappa shape index (κ2) is 6.21. The number of rotatable bonds is 4. The maximum atomic E-state index is 13.5. The number of imidazole rings is 1. The highest BCUT2D eigenvalue weighted by Crippen LogP contribution is 2.59. The highest BCUT2D eigenvalue weighted by Gasteiger charge is 2.54. The third kappa shape index (κ3) is 2.48. The second-order valence-corrected chi connectivity index (χ2v) is 11.1. The molecule has 3 aromatic heterocycles. The highest BCUT2D eigenvalue weighted by molar-refractivity contribution is 5.99. The van der Waals surface area contributed by atoms with Crippen LogP contribution in [0, 0.1) is 22.7 Å². The van der Waals surface area contributed by atoms with E-state index in [1.165, 1.54) is 43.4 Å². The molecule has 166 valence electrons. The molecule has 7 heteroatoms. The third-order valence-electron chi connectivity index (χ3n) is 9.32. The maximum absolute atomic E-state index is 13.5. The maximum Gasteiger partial charge on any atom is 0.233 e. The van der Waals surface area contributed by atoms with Gasteiger partial charge in [0.1, 0.15) is 5.69 Å². The van der Waals surface area contributed by atoms with Crippen LogP contribution in [0.3, 0.4) is 0 Å². The molecule has 4 aliphatic carbocycles. The normalized spacial score (nSPS) is 27.9. The summed E-state index contributed by atoms with van der Waals surface area (Å²) >= 11 is 0. The lowest BCUT2D eigenvalue weighted by Gasteiger charge is -2.51. The monoisotopic (exact) mass is 430 g/mol. The predicted octanol–water partition coefficient (Wildman–Crippen LogP) is 4.41. The van der Waals surface area contributed by atoms with Crippen molar-refractivity contribution < 1.29 is 4.79 Å². The lowest BCUT2D eigenvalue weighted by molar-refractivity contribution is -0.140. The van der Waals surface area contributed by atoms with E-state index in [4.69, 9.17) is 4.98 Å². The van der Waals surface area contributed by atoms with Crippen LogP contribution < -0.4 is 4.90 Å². The largest absolute Gasteiger partial charge is 0.335 e. The smallest absolute Gasteiger partial charge is 0.233 e. The van der Waals surface area contributed by atoms with Crippen molar-refractivity contribution in [2.45, 2.75) is 64.7 Å². The van der Waals surface area contributed by atoms with E-state index >= 15 is 0 Å². The number of anilines is 1. The van der Waals surface area contributed by atoms with Gasteiger partial charge in [0.05, 0.1) is 22.8 Å². The average molecular weight is 431 g/mol. The van der Waals surface area contributed by atoms with Gasteiger partial charge in [0.15, 0.2) is 11.5 Å². The number of nitrogens with zero attached hydrogens (tertiary/aromatic N) is 4. The van der Waals surface area contributed by atoms with Gasteiger partial charge >= 0.3 is 0 Å². The number of pyridine rings is 1. The van der Waals surface area contributed by atoms with E-state index in [-0.39, 0.29) is 11.3 Å². The molecule has 7 rings (SSSR count). The van der Waals surface area contributed by atoms with Gasteiger partial charge in [-0.25, -0.2) is 9.97 Å². The van der Waals surface area contributed by atoms with Gasteiger partial charge in [-0.3, -0.25) is 9.89 Å². The van der Waals surface area contributed by atoms with Crippen molar-refractivity contribution in [3.63, 3.8) is 0 Å². The minimum atomic E-state index is -0.132. The zero-order chi connectivity index (χ0) is 21.7. The first-order valence-electron chi connectivity index (χ1n) is 12.2. The Morgan fingerprint density at radius 2 is 2.06 bits per heavy atom. The Kier molecular flexibility index (Phi) is 3.65. The first-order chi connectivity index (χ1) is 15.5. The first-order valence-corrected chi connectivity index (χ1v) is 12.2. The summed E-state index contributed by atoms with van der Waals surface area (Å²) in [4.78, 5) is 28.1. The molecule has 3 heterocycles. The number of nitrogens with one attached hydrogen (secondary N) is 2. The molecule has 3 aromatic rings. The molecule has 4 aliphatic rings. The molecule has 1 amide bonds. The van der Waals surface area contributed by atoms with Crippen LogP contribution in [0.15, 0.2) is 12.3 Å². The molecule has 0 radical (unpaired) electrons. The fraction of sp³-hybridized carbons (Fsp3) is 0.600. The molecule has 0 bridgehead atoms. The molecule has 0 unspecified atom stereocenters. The molecule has 3 fully saturated rings. The molecule has 3 saturated carbocycles. The Bertz CT molecular complexity index is 1250. The van der Waals surface area contributed by atoms with Gasteiger partial charge in [-0.05, 0) is 68.3 Å². The lowest BCUT2D eigenvalue weighted by Crippen LogP contribution is -2.53. The Hall–Kier alpha value is -2.70. The van der Waals surface area contributed by atoms with Crippen LogP contribution in [0.5, 0.6) is 0 Å². The number of amides is 1. The Balaban J connectivity index is 1.19. The van der Waals surface area contributed by atoms with E-state index in [9.17, 15) is 4.79 Å². The van der Waals surface area contributed by atoms with E-state index in [1.54, 1.807) is 6.20 Å². The van der Waals surface area contributed by atoms with Gasteiger partial charge in [-0.1, -0.05) is 19.8 Å². The molecular weight excluding hydrogens is 400 g/mol. The summed E-state index contributed by atoms with van der Waals surface area (Å²) in [5.74, 6) is 2.38. The number of aromatic amines is 2. The van der Waals surface area contributed by atoms with Crippen LogP contribution in [0.4, 0.5) is 5.69 Å². The summed E-state index contributed by atoms with van der Waals surface area (Å²) < 4.78 is 0. The summed E-state index contributed by atoms with van der Waals surface area (Å²) in [6.07, 6.45) is 12.2. The fourth-order valence-electron chi connectivity index (χ4n) is 6.60. The number of aromatic nitrogens is 5. The molecule has 0 saturated heterocycles. The molecule has 7 nitrogen and oxygen atoms in total. The zero-order valence-corrected chi connectivity index (χ0v) is 18.9. The van der Waals surface area contributed by atoms with Crippen molar-refractivity contribution in [2.75, 3.05) is 11.9 Å². The summed E-state index contributed by atoms with van der Waals surface area (Å²) in [5, 5.41) is 7.87. The van der Waals surface area contributed by atoms with Gasteiger partial charge in [-0.2, -0.15) is 5.10 Å². The number of fused-ring (bicyclic) bond motifs is 3. The van der Waals surface area contributed by atoms with E-state index in [0.717, 1.165) is 54.3 Å². The second-order valence-electron chi connectivity index (χ2n) is 11.1. The number of hydrogen-bond acceptors (Lipinski definition) is 4. The van der Waals surface area contributed by atoms with Crippen molar-refractivity contribution in [1.29, 1.82) is 0 Å². The van der Waals surface area contributed by atoms with Gasteiger partial charge in [0, 0.05) is 18.3 Å². The van der Waals surface area contributed by atoms with Crippen LogP contribution in [0.25, 0.3) is 22.7 Å². The van der Waals surface area contributed by atoms with Crippen molar-refractivity contribution in [3.05, 3.63) is 23.5 Å². The topological polar surface area (TPSA) is 90.6 Å². The van der Waals surface area contributed by atoms with Crippen LogP contribution in [0.2, 0.25) is 0 Å². The molecular formula is C25H30N6O. The zero-order valence-electron chi connectivity index (χ0n) is 18.9. The number of hydrogen-bond donors (Lipinski definition) is 2. The minimum Gasteiger partial charge on any atom is -0.335 e. The number of H-pyrrole nitrogens is 2. The van der Waals surface area contributed by atoms with Crippen LogP contribution in [-0.2, 0) is 17.6 Å².